The Labute approximate surface area is 188 Å². The molecule has 2 amide bonds. The van der Waals surface area contributed by atoms with Crippen molar-refractivity contribution in [2.75, 3.05) is 31.6 Å². The second-order valence-corrected chi connectivity index (χ2v) is 8.63. The molecule has 0 aliphatic carbocycles. The van der Waals surface area contributed by atoms with Gasteiger partial charge in [0.2, 0.25) is 11.8 Å². The molecule has 2 aromatic carbocycles. The van der Waals surface area contributed by atoms with Gasteiger partial charge in [0.15, 0.2) is 0 Å². The molecule has 7 heteroatoms. The summed E-state index contributed by atoms with van der Waals surface area (Å²) in [6.07, 6.45) is 2.97. The fraction of sp³-hybridized carbons (Fsp3) is 0.440. The number of anilines is 1. The second kappa shape index (κ2) is 9.69. The van der Waals surface area contributed by atoms with E-state index in [2.05, 4.69) is 10.6 Å². The number of nitrogens with zero attached hydrogens (tertiary/aromatic N) is 1. The molecule has 2 N–H and O–H groups in total. The standard InChI is InChI=1S/C25H30FN3O3/c1-2-32-22-12-6-5-11-21(22)27-24(31)16-29-15-19(18-9-3-4-10-20(18)26)25(17-29)14-8-7-13-23(30)28-25/h3-6,9-12,19H,2,7-8,13-17H2,1H3,(H,27,31)(H,28,30)/t19-,25+/m0/s1. The van der Waals surface area contributed by atoms with E-state index in [1.807, 2.05) is 42.2 Å². The van der Waals surface area contributed by atoms with E-state index in [1.165, 1.54) is 6.07 Å². The van der Waals surface area contributed by atoms with Crippen molar-refractivity contribution in [2.24, 2.45) is 0 Å². The van der Waals surface area contributed by atoms with Crippen LogP contribution in [0.4, 0.5) is 10.1 Å². The number of carbonyl (C=O) groups is 2. The molecule has 2 atom stereocenters. The summed E-state index contributed by atoms with van der Waals surface area (Å²) in [5, 5.41) is 6.14. The molecule has 2 aromatic rings. The average molecular weight is 440 g/mol. The first-order valence-corrected chi connectivity index (χ1v) is 11.3. The van der Waals surface area contributed by atoms with Gasteiger partial charge in [-0.2, -0.15) is 0 Å². The van der Waals surface area contributed by atoms with Gasteiger partial charge < -0.3 is 15.4 Å². The molecule has 2 saturated heterocycles. The van der Waals surface area contributed by atoms with E-state index < -0.39 is 5.54 Å². The zero-order valence-corrected chi connectivity index (χ0v) is 18.4. The zero-order chi connectivity index (χ0) is 22.6. The lowest BCUT2D eigenvalue weighted by Gasteiger charge is -2.35. The summed E-state index contributed by atoms with van der Waals surface area (Å²) < 4.78 is 20.3. The summed E-state index contributed by atoms with van der Waals surface area (Å²) in [6.45, 7) is 3.57. The van der Waals surface area contributed by atoms with Crippen LogP contribution in [0.3, 0.4) is 0 Å². The summed E-state index contributed by atoms with van der Waals surface area (Å²) in [7, 11) is 0. The molecule has 32 heavy (non-hydrogen) atoms. The van der Waals surface area contributed by atoms with Gasteiger partial charge in [-0.25, -0.2) is 4.39 Å². The van der Waals surface area contributed by atoms with E-state index in [-0.39, 0.29) is 30.1 Å². The van der Waals surface area contributed by atoms with Crippen molar-refractivity contribution >= 4 is 17.5 Å². The third-order valence-corrected chi connectivity index (χ3v) is 6.39. The highest BCUT2D eigenvalue weighted by atomic mass is 19.1. The molecule has 6 nitrogen and oxygen atoms in total. The molecule has 2 fully saturated rings. The van der Waals surface area contributed by atoms with Crippen LogP contribution in [-0.2, 0) is 9.59 Å². The number of hydrogen-bond acceptors (Lipinski definition) is 4. The highest BCUT2D eigenvalue weighted by Crippen LogP contribution is 2.41. The highest BCUT2D eigenvalue weighted by molar-refractivity contribution is 5.93. The topological polar surface area (TPSA) is 70.7 Å². The van der Waals surface area contributed by atoms with Gasteiger partial charge in [0.05, 0.1) is 24.4 Å². The van der Waals surface area contributed by atoms with Gasteiger partial charge in [-0.05, 0) is 43.5 Å². The smallest absolute Gasteiger partial charge is 0.238 e. The van der Waals surface area contributed by atoms with Crippen LogP contribution in [0.5, 0.6) is 5.75 Å². The third kappa shape index (κ3) is 4.78. The van der Waals surface area contributed by atoms with Gasteiger partial charge in [0.25, 0.3) is 0 Å². The summed E-state index contributed by atoms with van der Waals surface area (Å²) in [5.74, 6) is -0.0229. The van der Waals surface area contributed by atoms with Crippen LogP contribution in [0, 0.1) is 5.82 Å². The number of likely N-dealkylation sites (tertiary alicyclic amines) is 1. The van der Waals surface area contributed by atoms with Crippen LogP contribution < -0.4 is 15.4 Å². The van der Waals surface area contributed by atoms with Gasteiger partial charge >= 0.3 is 0 Å². The Morgan fingerprint density at radius 2 is 2.00 bits per heavy atom. The number of benzene rings is 2. The van der Waals surface area contributed by atoms with Crippen molar-refractivity contribution in [1.29, 1.82) is 0 Å². The largest absolute Gasteiger partial charge is 0.492 e. The van der Waals surface area contributed by atoms with Crippen LogP contribution in [0.2, 0.25) is 0 Å². The Kier molecular flexibility index (Phi) is 6.74. The summed E-state index contributed by atoms with van der Waals surface area (Å²) in [5.41, 5.74) is 0.653. The van der Waals surface area contributed by atoms with E-state index in [1.54, 1.807) is 12.1 Å². The Bertz CT molecular complexity index is 982. The lowest BCUT2D eigenvalue weighted by Crippen LogP contribution is -2.53. The van der Waals surface area contributed by atoms with Crippen molar-refractivity contribution in [3.8, 4) is 5.75 Å². The first-order valence-electron chi connectivity index (χ1n) is 11.3. The number of halogens is 1. The molecule has 0 saturated carbocycles. The number of hydrogen-bond donors (Lipinski definition) is 2. The number of ether oxygens (including phenoxy) is 1. The first-order chi connectivity index (χ1) is 15.5. The Balaban J connectivity index is 1.54. The fourth-order valence-corrected chi connectivity index (χ4v) is 5.03. The van der Waals surface area contributed by atoms with Gasteiger partial charge in [0, 0.05) is 25.4 Å². The molecular weight excluding hydrogens is 409 g/mol. The van der Waals surface area contributed by atoms with Crippen LogP contribution in [-0.4, -0.2) is 48.5 Å². The summed E-state index contributed by atoms with van der Waals surface area (Å²) in [6, 6.07) is 14.1. The Hall–Kier alpha value is -2.93. The van der Waals surface area contributed by atoms with Crippen LogP contribution in [0.15, 0.2) is 48.5 Å². The maximum Gasteiger partial charge on any atom is 0.238 e. The van der Waals surface area contributed by atoms with Gasteiger partial charge in [-0.3, -0.25) is 14.5 Å². The Morgan fingerprint density at radius 3 is 2.81 bits per heavy atom. The van der Waals surface area contributed by atoms with Crippen molar-refractivity contribution in [3.63, 3.8) is 0 Å². The van der Waals surface area contributed by atoms with E-state index in [0.717, 1.165) is 19.3 Å². The molecule has 1 spiro atoms. The first kappa shape index (κ1) is 22.3. The molecule has 0 bridgehead atoms. The molecule has 0 aromatic heterocycles. The van der Waals surface area contributed by atoms with Crippen molar-refractivity contribution in [3.05, 3.63) is 59.9 Å². The third-order valence-electron chi connectivity index (χ3n) is 6.39. The maximum atomic E-state index is 14.7. The van der Waals surface area contributed by atoms with E-state index in [4.69, 9.17) is 4.74 Å². The monoisotopic (exact) mass is 439 g/mol. The Morgan fingerprint density at radius 1 is 1.22 bits per heavy atom. The predicted molar refractivity (Wildman–Crippen MR) is 121 cm³/mol. The van der Waals surface area contributed by atoms with Gasteiger partial charge in [-0.1, -0.05) is 36.8 Å². The lowest BCUT2D eigenvalue weighted by molar-refractivity contribution is -0.122. The number of nitrogens with one attached hydrogen (secondary N) is 2. The second-order valence-electron chi connectivity index (χ2n) is 8.63. The molecule has 2 aliphatic rings. The molecule has 4 rings (SSSR count). The average Bonchev–Trinajstić information content (AvgIpc) is 2.98. The fourth-order valence-electron chi connectivity index (χ4n) is 5.03. The minimum Gasteiger partial charge on any atom is -0.492 e. The van der Waals surface area contributed by atoms with Gasteiger partial charge in [0.1, 0.15) is 11.6 Å². The highest BCUT2D eigenvalue weighted by Gasteiger charge is 2.49. The lowest BCUT2D eigenvalue weighted by atomic mass is 9.78. The number of amides is 2. The number of rotatable bonds is 6. The maximum absolute atomic E-state index is 14.7. The normalized spacial score (nSPS) is 23.6. The van der Waals surface area contributed by atoms with E-state index in [9.17, 15) is 14.0 Å². The van der Waals surface area contributed by atoms with Gasteiger partial charge in [-0.15, -0.1) is 0 Å². The zero-order valence-electron chi connectivity index (χ0n) is 18.4. The molecule has 2 heterocycles. The van der Waals surface area contributed by atoms with Crippen LogP contribution >= 0.6 is 0 Å². The van der Waals surface area contributed by atoms with Crippen molar-refractivity contribution in [1.82, 2.24) is 10.2 Å². The molecule has 170 valence electrons. The SMILES string of the molecule is CCOc1ccccc1NC(=O)CN1C[C@@H](c2ccccc2F)[C@@]2(CCCCC(=O)N2)C1. The number of carbonyl (C=O) groups excluding carboxylic acids is 2. The van der Waals surface area contributed by atoms with Crippen molar-refractivity contribution in [2.45, 2.75) is 44.1 Å². The van der Waals surface area contributed by atoms with Crippen LogP contribution in [0.25, 0.3) is 0 Å². The van der Waals surface area contributed by atoms with E-state index in [0.29, 0.717) is 43.1 Å². The summed E-state index contributed by atoms with van der Waals surface area (Å²) >= 11 is 0. The molecular formula is C25H30FN3O3. The minimum atomic E-state index is -0.570. The minimum absolute atomic E-state index is 0.000725. The quantitative estimate of drug-likeness (QED) is 0.720. The molecule has 0 radical (unpaired) electrons. The van der Waals surface area contributed by atoms with Crippen LogP contribution in [0.1, 0.15) is 44.1 Å². The summed E-state index contributed by atoms with van der Waals surface area (Å²) in [4.78, 5) is 27.3. The molecule has 0 unspecified atom stereocenters. The van der Waals surface area contributed by atoms with Crippen molar-refractivity contribution < 1.29 is 18.7 Å². The number of para-hydroxylation sites is 2. The molecule has 2 aliphatic heterocycles. The van der Waals surface area contributed by atoms with E-state index >= 15 is 0 Å². The predicted octanol–water partition coefficient (Wildman–Crippen LogP) is 3.69.